The highest BCUT2D eigenvalue weighted by molar-refractivity contribution is 6.19. The molecule has 1 heterocycles. The topological polar surface area (TPSA) is 13.1 Å². The van der Waals surface area contributed by atoms with E-state index in [9.17, 15) is 12.3 Å². The van der Waals surface area contributed by atoms with Crippen molar-refractivity contribution in [1.82, 2.24) is 0 Å². The molecule has 0 radical (unpaired) electrons. The minimum atomic E-state index is -0.916. The first kappa shape index (κ1) is 11.8. The van der Waals surface area contributed by atoms with E-state index in [-0.39, 0.29) is 32.7 Å². The molecule has 0 aliphatic rings. The quantitative estimate of drug-likeness (QED) is 0.169. The second-order valence-electron chi connectivity index (χ2n) is 11.0. The molecule has 9 aromatic carbocycles. The lowest BCUT2D eigenvalue weighted by Crippen LogP contribution is -1.96. The predicted octanol–water partition coefficient (Wildman–Crippen LogP) is 13.0. The molecule has 0 atom stereocenters. The van der Waals surface area contributed by atoms with Gasteiger partial charge in [-0.1, -0.05) is 157 Å². The minimum absolute atomic E-state index is 0.255. The first-order chi connectivity index (χ1) is 35.9. The fourth-order valence-electron chi connectivity index (χ4n) is 6.19. The van der Waals surface area contributed by atoms with Crippen molar-refractivity contribution in [3.63, 3.8) is 0 Å². The number of furan rings is 1. The summed E-state index contributed by atoms with van der Waals surface area (Å²) in [6.07, 6.45) is -1.63. The summed E-state index contributed by atoms with van der Waals surface area (Å²) in [5.74, 6) is 0. The van der Waals surface area contributed by atoms with Gasteiger partial charge in [-0.05, 0) is 96.0 Å². The zero-order valence-electron chi connectivity index (χ0n) is 52.8. The van der Waals surface area contributed by atoms with Gasteiger partial charge in [0.15, 0.2) is 0 Å². The third kappa shape index (κ3) is 4.54. The monoisotopic (exact) mass is 652 g/mol. The van der Waals surface area contributed by atoms with Crippen molar-refractivity contribution in [3.8, 4) is 11.1 Å². The molecule has 0 aliphatic heterocycles. The van der Waals surface area contributed by atoms with Gasteiger partial charge in [0.2, 0.25) is 0 Å². The Labute approximate surface area is 324 Å². The Hall–Kier alpha value is -6.18. The highest BCUT2D eigenvalue weighted by atomic mass is 16.3. The van der Waals surface area contributed by atoms with Gasteiger partial charge in [-0.25, -0.2) is 0 Å². The maximum absolute atomic E-state index is 9.41. The number of fused-ring (bicyclic) bond motifs is 8. The van der Waals surface area contributed by atoms with Gasteiger partial charge < -0.3 is 4.42 Å². The molecule has 10 rings (SSSR count). The van der Waals surface area contributed by atoms with E-state index in [2.05, 4.69) is 0 Å². The van der Waals surface area contributed by atoms with Crippen LogP contribution in [0.4, 0.5) is 0 Å². The molecule has 0 N–H and O–H groups in total. The molecule has 230 valence electrons. The molecule has 0 fully saturated rings. The minimum Gasteiger partial charge on any atom is -0.455 e. The average Bonchev–Trinajstić information content (AvgIpc) is 3.98. The molecular weight excluding hydrogens is 593 g/mol. The van der Waals surface area contributed by atoms with Crippen molar-refractivity contribution in [2.24, 2.45) is 0 Å². The lowest BCUT2D eigenvalue weighted by Gasteiger charge is -2.18. The second kappa shape index (κ2) is 11.2. The number of hydrogen-bond donors (Lipinski definition) is 0. The Morgan fingerprint density at radius 1 is 0.408 bits per heavy atom. The Balaban J connectivity index is 1.30. The summed E-state index contributed by atoms with van der Waals surface area (Å²) < 4.78 is 256. The van der Waals surface area contributed by atoms with Gasteiger partial charge in [0.05, 0.1) is 38.4 Å². The smallest absolute Gasteiger partial charge is 0.143 e. The van der Waals surface area contributed by atoms with Crippen LogP contribution >= 0.6 is 0 Å². The Morgan fingerprint density at radius 3 is 1.67 bits per heavy atom. The molecular formula is C48H32O. The van der Waals surface area contributed by atoms with Crippen LogP contribution in [-0.4, -0.2) is 0 Å². The maximum atomic E-state index is 9.41. The van der Waals surface area contributed by atoms with Crippen LogP contribution in [0.25, 0.3) is 76.2 Å². The molecule has 0 unspecified atom stereocenters. The first-order valence-electron chi connectivity index (χ1n) is 28.8. The molecule has 10 aromatic rings. The van der Waals surface area contributed by atoms with E-state index in [1.165, 1.54) is 0 Å². The Morgan fingerprint density at radius 2 is 0.959 bits per heavy atom. The van der Waals surface area contributed by atoms with Gasteiger partial charge in [-0.3, -0.25) is 0 Å². The second-order valence-corrected chi connectivity index (χ2v) is 11.0. The van der Waals surface area contributed by atoms with Crippen LogP contribution in [0.3, 0.4) is 0 Å². The predicted molar refractivity (Wildman–Crippen MR) is 208 cm³/mol. The van der Waals surface area contributed by atoms with Gasteiger partial charge in [-0.15, -0.1) is 0 Å². The summed E-state index contributed by atoms with van der Waals surface area (Å²) in [6.45, 7) is 0. The number of hydrogen-bond acceptors (Lipinski definition) is 1. The number of benzene rings is 9. The summed E-state index contributed by atoms with van der Waals surface area (Å²) in [5.41, 5.74) is -3.72. The molecule has 1 heteroatoms. The fraction of sp³-hybridized carbons (Fsp3) is 0.0417. The van der Waals surface area contributed by atoms with Crippen molar-refractivity contribution in [2.75, 3.05) is 0 Å². The lowest BCUT2D eigenvalue weighted by molar-refractivity contribution is 0.672. The van der Waals surface area contributed by atoms with E-state index in [4.69, 9.17) is 30.5 Å². The van der Waals surface area contributed by atoms with Gasteiger partial charge in [0.1, 0.15) is 11.2 Å². The SMILES string of the molecule is [2H]c1c([2H])c(Cc2c([2H])c([2H])c([2H])c3oc4c5c([2H])c([2H])c([2H])c([2H])c5c([2H])c([2H])c4c23)c([2H])c([2H])c1Cc1c2c([2H])c([2H])c([2H])c([2H])c2c(-c2c([2H])c([2H])c([2H])c3c([2H])c([2H])c([2H])c([2H])c23)c2c([2H])c([2H])c([2H])c([2H])c12. The molecule has 0 aliphatic carbocycles. The average molecular weight is 653 g/mol. The molecule has 0 amide bonds. The van der Waals surface area contributed by atoms with Crippen LogP contribution in [0, 0.1) is 0 Å². The fourth-order valence-corrected chi connectivity index (χ4v) is 6.19. The van der Waals surface area contributed by atoms with E-state index >= 15 is 0 Å². The van der Waals surface area contributed by atoms with Crippen molar-refractivity contribution in [1.29, 1.82) is 0 Å². The Kier molecular flexibility index (Phi) is 2.69. The largest absolute Gasteiger partial charge is 0.455 e. The summed E-state index contributed by atoms with van der Waals surface area (Å²) in [5, 5.41) is -4.70. The molecule has 0 saturated carbocycles. The molecule has 1 aromatic heterocycles. The van der Waals surface area contributed by atoms with Crippen LogP contribution in [0.1, 0.15) is 60.6 Å². The van der Waals surface area contributed by atoms with Crippen LogP contribution in [-0.2, 0) is 12.8 Å². The van der Waals surface area contributed by atoms with Gasteiger partial charge in [0, 0.05) is 16.2 Å². The molecule has 0 bridgehead atoms. The van der Waals surface area contributed by atoms with Crippen LogP contribution in [0.5, 0.6) is 0 Å². The van der Waals surface area contributed by atoms with Gasteiger partial charge in [0.25, 0.3) is 0 Å². The zero-order chi connectivity index (χ0) is 56.7. The molecule has 0 saturated heterocycles. The Bertz CT molecular complexity index is 4360. The zero-order valence-corrected chi connectivity index (χ0v) is 24.8. The van der Waals surface area contributed by atoms with Crippen molar-refractivity contribution in [3.05, 3.63) is 191 Å². The number of rotatable bonds is 5. The van der Waals surface area contributed by atoms with Crippen LogP contribution < -0.4 is 0 Å². The summed E-state index contributed by atoms with van der Waals surface area (Å²) >= 11 is 0. The van der Waals surface area contributed by atoms with E-state index in [1.807, 2.05) is 0 Å². The summed E-state index contributed by atoms with van der Waals surface area (Å²) in [6, 6.07) is -22.5. The normalized spacial score (nSPS) is 19.8. The highest BCUT2D eigenvalue weighted by Gasteiger charge is 2.18. The highest BCUT2D eigenvalue weighted by Crippen LogP contribution is 2.42. The summed E-state index contributed by atoms with van der Waals surface area (Å²) in [4.78, 5) is 0. The maximum Gasteiger partial charge on any atom is 0.143 e. The van der Waals surface area contributed by atoms with Crippen LogP contribution in [0.2, 0.25) is 0 Å². The third-order valence-electron chi connectivity index (χ3n) is 8.30. The van der Waals surface area contributed by atoms with Crippen molar-refractivity contribution in [2.45, 2.75) is 12.8 Å². The molecule has 49 heavy (non-hydrogen) atoms. The van der Waals surface area contributed by atoms with Crippen LogP contribution in [0.15, 0.2) is 174 Å². The lowest BCUT2D eigenvalue weighted by atomic mass is 9.85. The van der Waals surface area contributed by atoms with Crippen molar-refractivity contribution >= 4 is 65.0 Å². The van der Waals surface area contributed by atoms with E-state index in [0.29, 0.717) is 0 Å². The third-order valence-corrected chi connectivity index (χ3v) is 8.30. The van der Waals surface area contributed by atoms with Gasteiger partial charge in [-0.2, -0.15) is 0 Å². The van der Waals surface area contributed by atoms with E-state index in [0.717, 1.165) is 0 Å². The van der Waals surface area contributed by atoms with Crippen molar-refractivity contribution < 1.29 is 42.8 Å². The standard InChI is InChI=1S/C48H32O/c1-3-15-36-33(11-1)13-9-21-40(36)47-41-19-7-5-17-38(41)44(39-18-6-8-20-42(39)47)30-32-25-23-31(24-26-32)29-35-14-10-22-45-46(35)43-28-27-34-12-2-4-16-37(34)48(43)49-45/h1-28H,29-30H2/i1D,2D,3D,4D,5D,6D,7D,8D,9D,10D,11D,12D,13D,14D,15D,16D,17D,18D,19D,20D,21D,22D,23D,24D,25D,26D,27D,28D. The van der Waals surface area contributed by atoms with E-state index in [1.54, 1.807) is 0 Å². The van der Waals surface area contributed by atoms with E-state index < -0.39 is 248 Å². The van der Waals surface area contributed by atoms with Gasteiger partial charge >= 0.3 is 0 Å². The molecule has 1 nitrogen and oxygen atoms in total. The molecule has 0 spiro atoms. The summed E-state index contributed by atoms with van der Waals surface area (Å²) in [7, 11) is 0. The first-order valence-corrected chi connectivity index (χ1v) is 14.8.